The Morgan fingerprint density at radius 1 is 1.73 bits per heavy atom. The van der Waals surface area contributed by atoms with Gasteiger partial charge in [0.05, 0.1) is 0 Å². The molecule has 0 fully saturated rings. The van der Waals surface area contributed by atoms with Crippen molar-refractivity contribution in [1.29, 1.82) is 0 Å². The fourth-order valence-corrected chi connectivity index (χ4v) is 0.628. The van der Waals surface area contributed by atoms with Gasteiger partial charge < -0.3 is 4.74 Å². The van der Waals surface area contributed by atoms with E-state index in [4.69, 9.17) is 4.74 Å². The van der Waals surface area contributed by atoms with Crippen LogP contribution in [-0.2, 0) is 9.53 Å². The summed E-state index contributed by atoms with van der Waals surface area (Å²) < 4.78 is 4.86. The molecule has 0 aromatic carbocycles. The van der Waals surface area contributed by atoms with E-state index in [1.54, 1.807) is 6.08 Å². The zero-order valence-electron chi connectivity index (χ0n) is 7.04. The second kappa shape index (κ2) is 5.71. The first-order valence-corrected chi connectivity index (χ1v) is 3.67. The molecule has 0 amide bonds. The highest BCUT2D eigenvalue weighted by molar-refractivity contribution is 5.66. The van der Waals surface area contributed by atoms with E-state index in [0.717, 1.165) is 6.42 Å². The summed E-state index contributed by atoms with van der Waals surface area (Å²) in [4.78, 5) is 10.5. The molecule has 0 aliphatic carbocycles. The molecule has 2 nitrogen and oxygen atoms in total. The summed E-state index contributed by atoms with van der Waals surface area (Å²) in [5.74, 6) is -0.282. The fourth-order valence-electron chi connectivity index (χ4n) is 0.628. The number of carbonyl (C=O) groups is 1. The van der Waals surface area contributed by atoms with Gasteiger partial charge in [0.2, 0.25) is 0 Å². The summed E-state index contributed by atoms with van der Waals surface area (Å²) in [6.07, 6.45) is 6.01. The predicted octanol–water partition coefficient (Wildman–Crippen LogP) is 2.07. The molecule has 0 heterocycles. The van der Waals surface area contributed by atoms with Gasteiger partial charge in [-0.1, -0.05) is 19.6 Å². The third-order valence-electron chi connectivity index (χ3n) is 1.10. The van der Waals surface area contributed by atoms with Crippen LogP contribution in [0.2, 0.25) is 0 Å². The molecule has 0 aliphatic heterocycles. The third kappa shape index (κ3) is 5.40. The van der Waals surface area contributed by atoms with Crippen molar-refractivity contribution in [1.82, 2.24) is 0 Å². The summed E-state index contributed by atoms with van der Waals surface area (Å²) >= 11 is 0. The highest BCUT2D eigenvalue weighted by Gasteiger charge is 2.00. The number of hydrogen-bond donors (Lipinski definition) is 0. The Bertz CT molecular complexity index is 159. The number of hydrogen-bond acceptors (Lipinski definition) is 2. The lowest BCUT2D eigenvalue weighted by molar-refractivity contribution is -0.142. The van der Waals surface area contributed by atoms with Crippen LogP contribution < -0.4 is 0 Å². The molecule has 0 bridgehead atoms. The Labute approximate surface area is 67.6 Å². The molecule has 62 valence electrons. The lowest BCUT2D eigenvalue weighted by Crippen LogP contribution is -2.09. The van der Waals surface area contributed by atoms with Crippen LogP contribution in [0.1, 0.15) is 20.3 Å². The maximum Gasteiger partial charge on any atom is 0.303 e. The number of rotatable bonds is 4. The second-order valence-corrected chi connectivity index (χ2v) is 2.15. The summed E-state index contributed by atoms with van der Waals surface area (Å²) in [6.45, 7) is 6.94. The average Bonchev–Trinajstić information content (AvgIpc) is 1.97. The van der Waals surface area contributed by atoms with Crippen molar-refractivity contribution in [2.45, 2.75) is 26.4 Å². The Morgan fingerprint density at radius 2 is 2.36 bits per heavy atom. The van der Waals surface area contributed by atoms with Gasteiger partial charge in [0, 0.05) is 6.92 Å². The highest BCUT2D eigenvalue weighted by atomic mass is 16.5. The Balaban J connectivity index is 3.85. The standard InChI is InChI=1S/C9H14O2/c1-4-6-7-9(5-2)11-8(3)10/h5-7,9H,2,4H2,1,3H3/b7-6-. The van der Waals surface area contributed by atoms with Crippen LogP contribution >= 0.6 is 0 Å². The first kappa shape index (κ1) is 9.95. The molecule has 2 heteroatoms. The highest BCUT2D eigenvalue weighted by Crippen LogP contribution is 1.97. The van der Waals surface area contributed by atoms with Crippen molar-refractivity contribution >= 4 is 5.97 Å². The minimum atomic E-state index is -0.282. The molecule has 0 aromatic rings. The molecule has 0 radical (unpaired) electrons. The summed E-state index contributed by atoms with van der Waals surface area (Å²) in [5, 5.41) is 0. The number of esters is 1. The van der Waals surface area contributed by atoms with Crippen LogP contribution in [0.15, 0.2) is 24.8 Å². The smallest absolute Gasteiger partial charge is 0.303 e. The predicted molar refractivity (Wildman–Crippen MR) is 45.2 cm³/mol. The van der Waals surface area contributed by atoms with Crippen LogP contribution in [0, 0.1) is 0 Å². The molecule has 0 N–H and O–H groups in total. The third-order valence-corrected chi connectivity index (χ3v) is 1.10. The van der Waals surface area contributed by atoms with E-state index < -0.39 is 0 Å². The molecule has 0 saturated heterocycles. The molecular formula is C9H14O2. The monoisotopic (exact) mass is 154 g/mol. The molecule has 1 atom stereocenters. The van der Waals surface area contributed by atoms with Crippen LogP contribution in [-0.4, -0.2) is 12.1 Å². The number of allylic oxidation sites excluding steroid dienone is 1. The Morgan fingerprint density at radius 3 is 2.73 bits per heavy atom. The Kier molecular flexibility index (Phi) is 5.17. The minimum absolute atomic E-state index is 0.271. The molecule has 0 saturated carbocycles. The molecule has 11 heavy (non-hydrogen) atoms. The summed E-state index contributed by atoms with van der Waals surface area (Å²) in [7, 11) is 0. The van der Waals surface area contributed by atoms with E-state index in [1.807, 2.05) is 19.1 Å². The first-order chi connectivity index (χ1) is 5.20. The van der Waals surface area contributed by atoms with Crippen molar-refractivity contribution < 1.29 is 9.53 Å². The first-order valence-electron chi connectivity index (χ1n) is 3.67. The molecular weight excluding hydrogens is 140 g/mol. The van der Waals surface area contributed by atoms with E-state index in [1.165, 1.54) is 6.92 Å². The van der Waals surface area contributed by atoms with Crippen LogP contribution in [0.3, 0.4) is 0 Å². The van der Waals surface area contributed by atoms with Crippen molar-refractivity contribution in [3.05, 3.63) is 24.8 Å². The summed E-state index contributed by atoms with van der Waals surface area (Å²) in [5.41, 5.74) is 0. The van der Waals surface area contributed by atoms with Crippen LogP contribution in [0.25, 0.3) is 0 Å². The molecule has 0 rings (SSSR count). The summed E-state index contributed by atoms with van der Waals surface area (Å²) in [6, 6.07) is 0. The van der Waals surface area contributed by atoms with Gasteiger partial charge in [-0.3, -0.25) is 4.79 Å². The van der Waals surface area contributed by atoms with Gasteiger partial charge in [-0.2, -0.15) is 0 Å². The second-order valence-electron chi connectivity index (χ2n) is 2.15. The van der Waals surface area contributed by atoms with Gasteiger partial charge >= 0.3 is 5.97 Å². The van der Waals surface area contributed by atoms with Crippen molar-refractivity contribution in [2.24, 2.45) is 0 Å². The normalized spacial score (nSPS) is 12.9. The van der Waals surface area contributed by atoms with Crippen LogP contribution in [0.5, 0.6) is 0 Å². The topological polar surface area (TPSA) is 26.3 Å². The van der Waals surface area contributed by atoms with E-state index in [2.05, 4.69) is 6.58 Å². The lowest BCUT2D eigenvalue weighted by Gasteiger charge is -2.06. The van der Waals surface area contributed by atoms with E-state index in [0.29, 0.717) is 0 Å². The maximum absolute atomic E-state index is 10.5. The van der Waals surface area contributed by atoms with Crippen molar-refractivity contribution in [3.63, 3.8) is 0 Å². The van der Waals surface area contributed by atoms with E-state index >= 15 is 0 Å². The van der Waals surface area contributed by atoms with E-state index in [-0.39, 0.29) is 12.1 Å². The van der Waals surface area contributed by atoms with Crippen LogP contribution in [0.4, 0.5) is 0 Å². The van der Waals surface area contributed by atoms with Gasteiger partial charge in [-0.15, -0.1) is 0 Å². The molecule has 1 unspecified atom stereocenters. The molecule has 0 spiro atoms. The van der Waals surface area contributed by atoms with Gasteiger partial charge in [-0.05, 0) is 18.6 Å². The number of carbonyl (C=O) groups excluding carboxylic acids is 1. The SMILES string of the molecule is C=CC(/C=C\CC)OC(C)=O. The maximum atomic E-state index is 10.5. The molecule has 0 aromatic heterocycles. The molecule has 0 aliphatic rings. The van der Waals surface area contributed by atoms with Gasteiger partial charge in [0.1, 0.15) is 6.10 Å². The van der Waals surface area contributed by atoms with Crippen molar-refractivity contribution in [2.75, 3.05) is 0 Å². The van der Waals surface area contributed by atoms with Gasteiger partial charge in [0.25, 0.3) is 0 Å². The largest absolute Gasteiger partial charge is 0.454 e. The van der Waals surface area contributed by atoms with Crippen molar-refractivity contribution in [3.8, 4) is 0 Å². The van der Waals surface area contributed by atoms with E-state index in [9.17, 15) is 4.79 Å². The van der Waals surface area contributed by atoms with Gasteiger partial charge in [0.15, 0.2) is 0 Å². The fraction of sp³-hybridized carbons (Fsp3) is 0.444. The quantitative estimate of drug-likeness (QED) is 0.457. The Hall–Kier alpha value is -1.05. The minimum Gasteiger partial charge on any atom is -0.454 e. The zero-order chi connectivity index (χ0) is 8.69. The number of ether oxygens (including phenoxy) is 1. The lowest BCUT2D eigenvalue weighted by atomic mass is 10.3. The van der Waals surface area contributed by atoms with Gasteiger partial charge in [-0.25, -0.2) is 0 Å². The average molecular weight is 154 g/mol. The zero-order valence-corrected chi connectivity index (χ0v) is 7.04.